The Labute approximate surface area is 95.0 Å². The molecule has 1 nitrogen and oxygen atoms in total. The van der Waals surface area contributed by atoms with Crippen molar-refractivity contribution in [1.29, 1.82) is 0 Å². The first kappa shape index (κ1) is 11.4. The molecular formula is C14H27N. The average molecular weight is 209 g/mol. The van der Waals surface area contributed by atoms with Crippen molar-refractivity contribution in [3.05, 3.63) is 0 Å². The van der Waals surface area contributed by atoms with Gasteiger partial charge in [0.25, 0.3) is 0 Å². The van der Waals surface area contributed by atoms with Crippen LogP contribution in [0.3, 0.4) is 0 Å². The van der Waals surface area contributed by atoms with Crippen molar-refractivity contribution in [2.24, 2.45) is 17.8 Å². The second-order valence-electron chi connectivity index (χ2n) is 5.70. The molecule has 88 valence electrons. The Morgan fingerprint density at radius 3 is 1.93 bits per heavy atom. The first-order chi connectivity index (χ1) is 7.38. The van der Waals surface area contributed by atoms with Gasteiger partial charge in [0.1, 0.15) is 0 Å². The van der Waals surface area contributed by atoms with E-state index in [0.717, 1.165) is 17.8 Å². The lowest BCUT2D eigenvalue weighted by Crippen LogP contribution is -2.33. The Bertz CT molecular complexity index is 164. The molecule has 0 aromatic rings. The van der Waals surface area contributed by atoms with Crippen LogP contribution >= 0.6 is 0 Å². The number of hydrogen-bond acceptors (Lipinski definition) is 1. The quantitative estimate of drug-likeness (QED) is 0.685. The summed E-state index contributed by atoms with van der Waals surface area (Å²) in [6, 6.07) is 0. The SMILES string of the molecule is CC(C1CCCCCC1)C1CCNCC1. The lowest BCUT2D eigenvalue weighted by atomic mass is 9.75. The number of rotatable bonds is 2. The van der Waals surface area contributed by atoms with E-state index in [1.54, 1.807) is 0 Å². The van der Waals surface area contributed by atoms with Crippen molar-refractivity contribution in [2.45, 2.75) is 58.3 Å². The zero-order valence-electron chi connectivity index (χ0n) is 10.3. The van der Waals surface area contributed by atoms with Crippen LogP contribution in [-0.2, 0) is 0 Å². The first-order valence-corrected chi connectivity index (χ1v) is 7.08. The van der Waals surface area contributed by atoms with Crippen molar-refractivity contribution in [3.8, 4) is 0 Å². The minimum atomic E-state index is 0.991. The zero-order chi connectivity index (χ0) is 10.5. The summed E-state index contributed by atoms with van der Waals surface area (Å²) in [5.74, 6) is 3.06. The largest absolute Gasteiger partial charge is 0.317 e. The van der Waals surface area contributed by atoms with Gasteiger partial charge >= 0.3 is 0 Å². The summed E-state index contributed by atoms with van der Waals surface area (Å²) >= 11 is 0. The van der Waals surface area contributed by atoms with Crippen LogP contribution in [0.2, 0.25) is 0 Å². The van der Waals surface area contributed by atoms with Crippen LogP contribution in [-0.4, -0.2) is 13.1 Å². The van der Waals surface area contributed by atoms with Crippen LogP contribution < -0.4 is 5.32 Å². The molecule has 1 unspecified atom stereocenters. The highest BCUT2D eigenvalue weighted by atomic mass is 14.9. The Hall–Kier alpha value is -0.0400. The monoisotopic (exact) mass is 209 g/mol. The fraction of sp³-hybridized carbons (Fsp3) is 1.00. The predicted octanol–water partition coefficient (Wildman–Crippen LogP) is 3.59. The third kappa shape index (κ3) is 3.21. The zero-order valence-corrected chi connectivity index (χ0v) is 10.3. The number of piperidine rings is 1. The van der Waals surface area contributed by atoms with Gasteiger partial charge in [-0.3, -0.25) is 0 Å². The molecule has 2 aliphatic rings. The number of nitrogens with one attached hydrogen (secondary N) is 1. The molecule has 1 saturated carbocycles. The van der Waals surface area contributed by atoms with Gasteiger partial charge in [-0.05, 0) is 43.7 Å². The molecule has 0 aromatic heterocycles. The maximum Gasteiger partial charge on any atom is -0.00462 e. The van der Waals surface area contributed by atoms with E-state index in [1.165, 1.54) is 64.5 Å². The molecule has 1 heteroatoms. The summed E-state index contributed by atoms with van der Waals surface area (Å²) in [5, 5.41) is 3.48. The van der Waals surface area contributed by atoms with E-state index in [2.05, 4.69) is 12.2 Å². The Kier molecular flexibility index (Phi) is 4.49. The Balaban J connectivity index is 1.83. The van der Waals surface area contributed by atoms with Gasteiger partial charge in [0.2, 0.25) is 0 Å². The molecule has 1 N–H and O–H groups in total. The molecule has 2 fully saturated rings. The topological polar surface area (TPSA) is 12.0 Å². The molecule has 0 spiro atoms. The molecule has 2 rings (SSSR count). The van der Waals surface area contributed by atoms with Crippen molar-refractivity contribution >= 4 is 0 Å². The second kappa shape index (κ2) is 5.89. The Morgan fingerprint density at radius 2 is 1.33 bits per heavy atom. The van der Waals surface area contributed by atoms with Gasteiger partial charge in [-0.2, -0.15) is 0 Å². The van der Waals surface area contributed by atoms with Crippen LogP contribution in [0.1, 0.15) is 58.3 Å². The van der Waals surface area contributed by atoms with Gasteiger partial charge in [0, 0.05) is 0 Å². The first-order valence-electron chi connectivity index (χ1n) is 7.08. The molecule has 0 aromatic carbocycles. The van der Waals surface area contributed by atoms with E-state index in [9.17, 15) is 0 Å². The maximum atomic E-state index is 3.48. The molecule has 1 atom stereocenters. The predicted molar refractivity (Wildman–Crippen MR) is 65.9 cm³/mol. The highest BCUT2D eigenvalue weighted by Crippen LogP contribution is 2.35. The van der Waals surface area contributed by atoms with E-state index < -0.39 is 0 Å². The second-order valence-corrected chi connectivity index (χ2v) is 5.70. The van der Waals surface area contributed by atoms with Crippen LogP contribution in [0.25, 0.3) is 0 Å². The van der Waals surface area contributed by atoms with E-state index in [-0.39, 0.29) is 0 Å². The third-order valence-corrected chi connectivity index (χ3v) is 4.77. The maximum absolute atomic E-state index is 3.48. The Morgan fingerprint density at radius 1 is 0.800 bits per heavy atom. The lowest BCUT2D eigenvalue weighted by Gasteiger charge is -2.33. The summed E-state index contributed by atoms with van der Waals surface area (Å²) in [5.41, 5.74) is 0. The van der Waals surface area contributed by atoms with Crippen molar-refractivity contribution in [3.63, 3.8) is 0 Å². The van der Waals surface area contributed by atoms with Gasteiger partial charge in [0.05, 0.1) is 0 Å². The summed E-state index contributed by atoms with van der Waals surface area (Å²) in [4.78, 5) is 0. The normalized spacial score (nSPS) is 28.6. The van der Waals surface area contributed by atoms with Crippen molar-refractivity contribution in [2.75, 3.05) is 13.1 Å². The van der Waals surface area contributed by atoms with Gasteiger partial charge in [-0.15, -0.1) is 0 Å². The van der Waals surface area contributed by atoms with Gasteiger partial charge in [0.15, 0.2) is 0 Å². The summed E-state index contributed by atoms with van der Waals surface area (Å²) in [6.45, 7) is 5.06. The van der Waals surface area contributed by atoms with Crippen LogP contribution in [0.4, 0.5) is 0 Å². The van der Waals surface area contributed by atoms with Crippen LogP contribution in [0.15, 0.2) is 0 Å². The molecule has 0 amide bonds. The van der Waals surface area contributed by atoms with Crippen molar-refractivity contribution in [1.82, 2.24) is 5.32 Å². The highest BCUT2D eigenvalue weighted by Gasteiger charge is 2.27. The fourth-order valence-corrected chi connectivity index (χ4v) is 3.59. The number of hydrogen-bond donors (Lipinski definition) is 1. The van der Waals surface area contributed by atoms with Crippen molar-refractivity contribution < 1.29 is 0 Å². The molecule has 0 bridgehead atoms. The fourth-order valence-electron chi connectivity index (χ4n) is 3.59. The minimum absolute atomic E-state index is 0.991. The molecular weight excluding hydrogens is 182 g/mol. The molecule has 15 heavy (non-hydrogen) atoms. The summed E-state index contributed by atoms with van der Waals surface area (Å²) in [6.07, 6.45) is 11.9. The molecule has 0 radical (unpaired) electrons. The summed E-state index contributed by atoms with van der Waals surface area (Å²) in [7, 11) is 0. The highest BCUT2D eigenvalue weighted by molar-refractivity contribution is 4.79. The van der Waals surface area contributed by atoms with E-state index in [1.807, 2.05) is 0 Å². The van der Waals surface area contributed by atoms with Gasteiger partial charge in [-0.25, -0.2) is 0 Å². The van der Waals surface area contributed by atoms with Gasteiger partial charge in [-0.1, -0.05) is 45.4 Å². The lowest BCUT2D eigenvalue weighted by molar-refractivity contribution is 0.186. The van der Waals surface area contributed by atoms with E-state index in [0.29, 0.717) is 0 Å². The van der Waals surface area contributed by atoms with E-state index >= 15 is 0 Å². The van der Waals surface area contributed by atoms with Crippen LogP contribution in [0.5, 0.6) is 0 Å². The minimum Gasteiger partial charge on any atom is -0.317 e. The molecule has 1 saturated heterocycles. The van der Waals surface area contributed by atoms with Gasteiger partial charge < -0.3 is 5.32 Å². The average Bonchev–Trinajstić information content (AvgIpc) is 2.58. The third-order valence-electron chi connectivity index (χ3n) is 4.77. The van der Waals surface area contributed by atoms with Crippen LogP contribution in [0, 0.1) is 17.8 Å². The summed E-state index contributed by atoms with van der Waals surface area (Å²) < 4.78 is 0. The molecule has 1 heterocycles. The smallest absolute Gasteiger partial charge is 0.00462 e. The molecule has 1 aliphatic heterocycles. The van der Waals surface area contributed by atoms with E-state index in [4.69, 9.17) is 0 Å². The standard InChI is InChI=1S/C14H27N/c1-12(14-8-10-15-11-9-14)13-6-4-2-3-5-7-13/h12-15H,2-11H2,1H3. The molecule has 1 aliphatic carbocycles.